The largest absolute Gasteiger partial charge is 0.466 e. The van der Waals surface area contributed by atoms with Crippen molar-refractivity contribution in [2.75, 3.05) is 32.8 Å². The van der Waals surface area contributed by atoms with Gasteiger partial charge in [-0.1, -0.05) is 0 Å². The van der Waals surface area contributed by atoms with Gasteiger partial charge in [0.05, 0.1) is 30.8 Å². The Bertz CT molecular complexity index is 656. The van der Waals surface area contributed by atoms with Crippen LogP contribution in [0.3, 0.4) is 0 Å². The molecular weight excluding hydrogens is 424 g/mol. The number of nitrogens with zero attached hydrogens (tertiary/aromatic N) is 2. The predicted octanol–water partition coefficient (Wildman–Crippen LogP) is 3.33. The normalized spacial score (nSPS) is 31.7. The molecule has 0 aromatic carbocycles. The third kappa shape index (κ3) is 6.47. The summed E-state index contributed by atoms with van der Waals surface area (Å²) < 4.78 is 24.1. The summed E-state index contributed by atoms with van der Waals surface area (Å²) in [5.74, 6) is -1.83. The summed E-state index contributed by atoms with van der Waals surface area (Å²) in [6.07, 6.45) is 4.76. The monoisotopic (exact) mass is 468 g/mol. The second-order valence-corrected chi connectivity index (χ2v) is 10.8. The molecule has 1 aliphatic carbocycles. The van der Waals surface area contributed by atoms with E-state index in [1.54, 1.807) is 0 Å². The molecule has 2 heterocycles. The lowest BCUT2D eigenvalue weighted by molar-refractivity contribution is -0.292. The highest BCUT2D eigenvalue weighted by Crippen LogP contribution is 2.37. The number of rotatable bonds is 7. The highest BCUT2D eigenvalue weighted by Gasteiger charge is 2.56. The number of morpholine rings is 1. The molecule has 3 atom stereocenters. The average molecular weight is 469 g/mol. The molecule has 0 N–H and O–H groups in total. The molecule has 2 unspecified atom stereocenters. The van der Waals surface area contributed by atoms with E-state index in [0.717, 1.165) is 38.8 Å². The van der Waals surface area contributed by atoms with Gasteiger partial charge in [0.2, 0.25) is 0 Å². The number of esters is 2. The second-order valence-electron chi connectivity index (χ2n) is 10.8. The van der Waals surface area contributed by atoms with Crippen molar-refractivity contribution in [3.8, 4) is 0 Å². The molecule has 0 aromatic heterocycles. The van der Waals surface area contributed by atoms with Gasteiger partial charge in [-0.3, -0.25) is 9.69 Å². The van der Waals surface area contributed by atoms with E-state index in [9.17, 15) is 9.59 Å². The molecule has 3 aliphatic rings. The number of carbonyl (C=O) groups excluding carboxylic acids is 2. The molecule has 2 saturated heterocycles. The maximum Gasteiger partial charge on any atom is 0.371 e. The van der Waals surface area contributed by atoms with Gasteiger partial charge in [-0.05, 0) is 80.1 Å². The summed E-state index contributed by atoms with van der Waals surface area (Å²) in [5, 5.41) is 0. The van der Waals surface area contributed by atoms with Crippen LogP contribution in [0, 0.1) is 5.92 Å². The maximum atomic E-state index is 14.0. The molecule has 1 saturated carbocycles. The van der Waals surface area contributed by atoms with E-state index in [1.165, 1.54) is 0 Å². The van der Waals surface area contributed by atoms with Gasteiger partial charge in [-0.2, -0.15) is 0 Å². The number of hydrogen-bond acceptors (Lipinski definition) is 8. The minimum Gasteiger partial charge on any atom is -0.466 e. The number of hydrogen-bond donors (Lipinski definition) is 0. The van der Waals surface area contributed by atoms with Gasteiger partial charge in [-0.25, -0.2) is 9.69 Å². The summed E-state index contributed by atoms with van der Waals surface area (Å²) in [5.41, 5.74) is -0.628. The summed E-state index contributed by atoms with van der Waals surface area (Å²) >= 11 is 0. The van der Waals surface area contributed by atoms with Crippen LogP contribution in [-0.2, 0) is 28.5 Å². The molecule has 0 aromatic rings. The van der Waals surface area contributed by atoms with E-state index in [4.69, 9.17) is 18.9 Å². The first-order valence-electron chi connectivity index (χ1n) is 12.8. The lowest BCUT2D eigenvalue weighted by Crippen LogP contribution is -2.71. The first-order valence-corrected chi connectivity index (χ1v) is 12.8. The molecule has 0 radical (unpaired) electrons. The van der Waals surface area contributed by atoms with Crippen LogP contribution in [0.1, 0.15) is 80.1 Å². The summed E-state index contributed by atoms with van der Waals surface area (Å²) in [6.45, 7) is 14.8. The Hall–Kier alpha value is -1.22. The van der Waals surface area contributed by atoms with Gasteiger partial charge in [0, 0.05) is 26.2 Å². The molecule has 3 rings (SSSR count). The SMILES string of the molecule is CCOC(=O)C1CCC(OC(C(=O)OC(C)(C)C)(N2CCCC2)N2CC(C)O[C@@H](C)C2)CC1. The molecule has 3 fully saturated rings. The van der Waals surface area contributed by atoms with Crippen LogP contribution >= 0.6 is 0 Å². The molecule has 8 heteroatoms. The van der Waals surface area contributed by atoms with Crippen molar-refractivity contribution < 1.29 is 28.5 Å². The molecular formula is C25H44N2O6. The summed E-state index contributed by atoms with van der Waals surface area (Å²) in [7, 11) is 0. The van der Waals surface area contributed by atoms with E-state index in [-0.39, 0.29) is 36.2 Å². The van der Waals surface area contributed by atoms with E-state index in [0.29, 0.717) is 32.5 Å². The van der Waals surface area contributed by atoms with Gasteiger partial charge in [0.25, 0.3) is 5.85 Å². The minimum absolute atomic E-state index is 0.0127. The van der Waals surface area contributed by atoms with Crippen molar-refractivity contribution >= 4 is 11.9 Å². The van der Waals surface area contributed by atoms with E-state index >= 15 is 0 Å². The van der Waals surface area contributed by atoms with Crippen molar-refractivity contribution in [1.29, 1.82) is 0 Å². The molecule has 0 bridgehead atoms. The van der Waals surface area contributed by atoms with Crippen LogP contribution < -0.4 is 0 Å². The first-order chi connectivity index (χ1) is 15.5. The molecule has 2 aliphatic heterocycles. The third-order valence-corrected chi connectivity index (χ3v) is 6.67. The van der Waals surface area contributed by atoms with Crippen molar-refractivity contribution in [1.82, 2.24) is 9.80 Å². The fourth-order valence-electron chi connectivity index (χ4n) is 5.35. The Morgan fingerprint density at radius 3 is 2.03 bits per heavy atom. The van der Waals surface area contributed by atoms with Crippen LogP contribution in [0.15, 0.2) is 0 Å². The Morgan fingerprint density at radius 2 is 1.52 bits per heavy atom. The fourth-order valence-corrected chi connectivity index (χ4v) is 5.35. The lowest BCUT2D eigenvalue weighted by atomic mass is 9.87. The highest BCUT2D eigenvalue weighted by atomic mass is 16.6. The van der Waals surface area contributed by atoms with Crippen molar-refractivity contribution in [3.05, 3.63) is 0 Å². The molecule has 0 spiro atoms. The van der Waals surface area contributed by atoms with E-state index in [1.807, 2.05) is 41.5 Å². The van der Waals surface area contributed by atoms with Crippen molar-refractivity contribution in [3.63, 3.8) is 0 Å². The minimum atomic E-state index is -1.28. The number of carbonyl (C=O) groups is 2. The van der Waals surface area contributed by atoms with Crippen LogP contribution in [-0.4, -0.2) is 84.3 Å². The molecule has 8 nitrogen and oxygen atoms in total. The molecule has 0 amide bonds. The quantitative estimate of drug-likeness (QED) is 0.527. The van der Waals surface area contributed by atoms with Crippen molar-refractivity contribution in [2.24, 2.45) is 5.92 Å². The standard InChI is InChI=1S/C25H44N2O6/c1-7-30-22(28)20-10-12-21(13-11-20)32-25(26-14-8-9-15-26,23(29)33-24(4,5)6)27-16-18(2)31-19(3)17-27/h18-21H,7-17H2,1-6H3/t18-,19?,20?,21?,25?/m0/s1. The van der Waals surface area contributed by atoms with Gasteiger partial charge in [-0.15, -0.1) is 0 Å². The topological polar surface area (TPSA) is 77.5 Å². The molecule has 33 heavy (non-hydrogen) atoms. The Kier molecular flexibility index (Phi) is 8.81. The summed E-state index contributed by atoms with van der Waals surface area (Å²) in [4.78, 5) is 30.5. The van der Waals surface area contributed by atoms with E-state index < -0.39 is 11.4 Å². The number of likely N-dealkylation sites (tertiary alicyclic amines) is 1. The predicted molar refractivity (Wildman–Crippen MR) is 124 cm³/mol. The maximum absolute atomic E-state index is 14.0. The first kappa shape index (κ1) is 26.4. The Labute approximate surface area is 199 Å². The van der Waals surface area contributed by atoms with E-state index in [2.05, 4.69) is 9.80 Å². The van der Waals surface area contributed by atoms with Gasteiger partial charge >= 0.3 is 11.9 Å². The van der Waals surface area contributed by atoms with Crippen LogP contribution in [0.4, 0.5) is 0 Å². The highest BCUT2D eigenvalue weighted by molar-refractivity contribution is 5.79. The van der Waals surface area contributed by atoms with Crippen LogP contribution in [0.5, 0.6) is 0 Å². The third-order valence-electron chi connectivity index (χ3n) is 6.67. The van der Waals surface area contributed by atoms with Crippen LogP contribution in [0.25, 0.3) is 0 Å². The fraction of sp³-hybridized carbons (Fsp3) is 0.920. The zero-order valence-corrected chi connectivity index (χ0v) is 21.4. The van der Waals surface area contributed by atoms with Gasteiger partial charge < -0.3 is 18.9 Å². The average Bonchev–Trinajstić information content (AvgIpc) is 3.25. The zero-order chi connectivity index (χ0) is 24.2. The Balaban J connectivity index is 1.88. The van der Waals surface area contributed by atoms with Gasteiger partial charge in [0.15, 0.2) is 0 Å². The smallest absolute Gasteiger partial charge is 0.371 e. The van der Waals surface area contributed by atoms with Crippen LogP contribution in [0.2, 0.25) is 0 Å². The number of ether oxygens (including phenoxy) is 4. The Morgan fingerprint density at radius 1 is 0.939 bits per heavy atom. The zero-order valence-electron chi connectivity index (χ0n) is 21.4. The van der Waals surface area contributed by atoms with Gasteiger partial charge in [0.1, 0.15) is 5.60 Å². The summed E-state index contributed by atoms with van der Waals surface area (Å²) in [6, 6.07) is 0. The van der Waals surface area contributed by atoms with Crippen molar-refractivity contribution in [2.45, 2.75) is 110 Å². The second kappa shape index (κ2) is 11.0. The molecule has 190 valence electrons. The lowest BCUT2D eigenvalue weighted by Gasteiger charge is -2.52.